The summed E-state index contributed by atoms with van der Waals surface area (Å²) < 4.78 is 16.0. The van der Waals surface area contributed by atoms with Gasteiger partial charge in [-0.15, -0.1) is 0 Å². The molecule has 0 radical (unpaired) electrons. The highest BCUT2D eigenvalue weighted by Gasteiger charge is 2.20. The second kappa shape index (κ2) is 11.0. The van der Waals surface area contributed by atoms with Gasteiger partial charge in [0.05, 0.1) is 26.5 Å². The molecule has 33 heavy (non-hydrogen) atoms. The maximum absolute atomic E-state index is 13.2. The number of carbonyl (C=O) groups is 2. The number of nitrogens with one attached hydrogen (secondary N) is 2. The van der Waals surface area contributed by atoms with Crippen LogP contribution in [0, 0.1) is 6.92 Å². The summed E-state index contributed by atoms with van der Waals surface area (Å²) in [5.74, 6) is 0.798. The molecule has 0 bridgehead atoms. The zero-order valence-electron chi connectivity index (χ0n) is 19.2. The highest BCUT2D eigenvalue weighted by atomic mass is 16.5. The SMILES string of the molecule is CCC(NC(=O)/C(=C/c1ccco1)NC(=O)c1ccc(C)cc1)c1ccc(OC)c(OC)c1. The number of hydrogen-bond acceptors (Lipinski definition) is 5. The van der Waals surface area contributed by atoms with Gasteiger partial charge in [-0.25, -0.2) is 0 Å². The van der Waals surface area contributed by atoms with Crippen LogP contribution >= 0.6 is 0 Å². The minimum Gasteiger partial charge on any atom is -0.493 e. The second-order valence-electron chi connectivity index (χ2n) is 7.44. The lowest BCUT2D eigenvalue weighted by Gasteiger charge is -2.20. The minimum absolute atomic E-state index is 0.0782. The van der Waals surface area contributed by atoms with E-state index in [0.29, 0.717) is 29.2 Å². The Bertz CT molecular complexity index is 1120. The molecular weight excluding hydrogens is 420 g/mol. The number of amides is 2. The Morgan fingerprint density at radius 3 is 2.36 bits per heavy atom. The van der Waals surface area contributed by atoms with Gasteiger partial charge < -0.3 is 24.5 Å². The van der Waals surface area contributed by atoms with Crippen molar-refractivity contribution in [2.45, 2.75) is 26.3 Å². The third-order valence-corrected chi connectivity index (χ3v) is 5.16. The number of aryl methyl sites for hydroxylation is 1. The van der Waals surface area contributed by atoms with Gasteiger partial charge in [0.25, 0.3) is 11.8 Å². The molecule has 0 fully saturated rings. The standard InChI is InChI=1S/C26H28N2O5/c1-5-21(19-12-13-23(31-3)24(15-19)32-4)27-26(30)22(16-20-7-6-14-33-20)28-25(29)18-10-8-17(2)9-11-18/h6-16,21H,5H2,1-4H3,(H,27,30)(H,28,29)/b22-16-. The zero-order chi connectivity index (χ0) is 23.8. The van der Waals surface area contributed by atoms with Gasteiger partial charge in [0.1, 0.15) is 11.5 Å². The number of carbonyl (C=O) groups excluding carboxylic acids is 2. The molecule has 7 nitrogen and oxygen atoms in total. The maximum Gasteiger partial charge on any atom is 0.268 e. The Balaban J connectivity index is 1.84. The van der Waals surface area contributed by atoms with Crippen molar-refractivity contribution < 1.29 is 23.5 Å². The average Bonchev–Trinajstić information content (AvgIpc) is 3.35. The summed E-state index contributed by atoms with van der Waals surface area (Å²) in [6, 6.07) is 15.7. The molecule has 7 heteroatoms. The van der Waals surface area contributed by atoms with Crippen LogP contribution < -0.4 is 20.1 Å². The van der Waals surface area contributed by atoms with E-state index in [4.69, 9.17) is 13.9 Å². The number of hydrogen-bond donors (Lipinski definition) is 2. The van der Waals surface area contributed by atoms with Crippen LogP contribution in [0.1, 0.15) is 46.6 Å². The summed E-state index contributed by atoms with van der Waals surface area (Å²) in [6.07, 6.45) is 3.63. The molecule has 1 heterocycles. The van der Waals surface area contributed by atoms with Crippen molar-refractivity contribution in [2.24, 2.45) is 0 Å². The van der Waals surface area contributed by atoms with Gasteiger partial charge in [-0.05, 0) is 55.3 Å². The Kier molecular flexibility index (Phi) is 7.91. The van der Waals surface area contributed by atoms with Crippen LogP contribution in [0.5, 0.6) is 11.5 Å². The molecule has 3 rings (SSSR count). The van der Waals surface area contributed by atoms with Crippen molar-refractivity contribution in [1.82, 2.24) is 10.6 Å². The molecular formula is C26H28N2O5. The average molecular weight is 449 g/mol. The first-order chi connectivity index (χ1) is 15.9. The van der Waals surface area contributed by atoms with Crippen molar-refractivity contribution in [2.75, 3.05) is 14.2 Å². The third kappa shape index (κ3) is 6.04. The fourth-order valence-corrected chi connectivity index (χ4v) is 3.30. The largest absolute Gasteiger partial charge is 0.493 e. The van der Waals surface area contributed by atoms with Gasteiger partial charge in [0.15, 0.2) is 11.5 Å². The summed E-state index contributed by atoms with van der Waals surface area (Å²) in [5, 5.41) is 5.71. The molecule has 0 aliphatic carbocycles. The lowest BCUT2D eigenvalue weighted by atomic mass is 10.0. The van der Waals surface area contributed by atoms with Crippen LogP contribution in [-0.2, 0) is 4.79 Å². The van der Waals surface area contributed by atoms with E-state index < -0.39 is 5.91 Å². The van der Waals surface area contributed by atoms with Crippen LogP contribution in [-0.4, -0.2) is 26.0 Å². The fourth-order valence-electron chi connectivity index (χ4n) is 3.30. The molecule has 0 aliphatic heterocycles. The van der Waals surface area contributed by atoms with E-state index in [1.165, 1.54) is 12.3 Å². The van der Waals surface area contributed by atoms with E-state index in [9.17, 15) is 9.59 Å². The molecule has 2 N–H and O–H groups in total. The Morgan fingerprint density at radius 1 is 1.03 bits per heavy atom. The van der Waals surface area contributed by atoms with E-state index in [1.54, 1.807) is 44.6 Å². The minimum atomic E-state index is -0.437. The van der Waals surface area contributed by atoms with E-state index in [-0.39, 0.29) is 17.6 Å². The summed E-state index contributed by atoms with van der Waals surface area (Å²) in [5.41, 5.74) is 2.42. The summed E-state index contributed by atoms with van der Waals surface area (Å²) in [7, 11) is 3.13. The summed E-state index contributed by atoms with van der Waals surface area (Å²) in [6.45, 7) is 3.90. The zero-order valence-corrected chi connectivity index (χ0v) is 19.2. The molecule has 3 aromatic rings. The lowest BCUT2D eigenvalue weighted by Crippen LogP contribution is -2.36. The topological polar surface area (TPSA) is 89.8 Å². The van der Waals surface area contributed by atoms with Crippen molar-refractivity contribution in [3.8, 4) is 11.5 Å². The van der Waals surface area contributed by atoms with Crippen LogP contribution in [0.3, 0.4) is 0 Å². The monoisotopic (exact) mass is 448 g/mol. The lowest BCUT2D eigenvalue weighted by molar-refractivity contribution is -0.118. The Morgan fingerprint density at radius 2 is 1.76 bits per heavy atom. The van der Waals surface area contributed by atoms with E-state index >= 15 is 0 Å². The van der Waals surface area contributed by atoms with Gasteiger partial charge in [-0.3, -0.25) is 9.59 Å². The first-order valence-electron chi connectivity index (χ1n) is 10.6. The highest BCUT2D eigenvalue weighted by Crippen LogP contribution is 2.31. The Labute approximate surface area is 193 Å². The predicted octanol–water partition coefficient (Wildman–Crippen LogP) is 4.64. The quantitative estimate of drug-likeness (QED) is 0.466. The number of benzene rings is 2. The normalized spacial score (nSPS) is 12.1. The highest BCUT2D eigenvalue weighted by molar-refractivity contribution is 6.05. The first kappa shape index (κ1) is 23.7. The Hall–Kier alpha value is -4.00. The van der Waals surface area contributed by atoms with Crippen LogP contribution in [0.25, 0.3) is 6.08 Å². The van der Waals surface area contributed by atoms with Crippen LogP contribution in [0.4, 0.5) is 0 Å². The van der Waals surface area contributed by atoms with Gasteiger partial charge in [-0.2, -0.15) is 0 Å². The molecule has 172 valence electrons. The number of ether oxygens (including phenoxy) is 2. The summed E-state index contributed by atoms with van der Waals surface area (Å²) >= 11 is 0. The molecule has 1 aromatic heterocycles. The molecule has 1 unspecified atom stereocenters. The van der Waals surface area contributed by atoms with E-state index in [2.05, 4.69) is 10.6 Å². The molecule has 2 aromatic carbocycles. The molecule has 1 atom stereocenters. The molecule has 0 saturated heterocycles. The van der Waals surface area contributed by atoms with Gasteiger partial charge in [0.2, 0.25) is 0 Å². The van der Waals surface area contributed by atoms with Crippen molar-refractivity contribution in [3.63, 3.8) is 0 Å². The number of rotatable bonds is 9. The van der Waals surface area contributed by atoms with Crippen LogP contribution in [0.2, 0.25) is 0 Å². The third-order valence-electron chi connectivity index (χ3n) is 5.16. The molecule has 0 aliphatic rings. The second-order valence-corrected chi connectivity index (χ2v) is 7.44. The van der Waals surface area contributed by atoms with Crippen molar-refractivity contribution in [1.29, 1.82) is 0 Å². The van der Waals surface area contributed by atoms with Crippen molar-refractivity contribution in [3.05, 3.63) is 89.0 Å². The van der Waals surface area contributed by atoms with E-state index in [1.807, 2.05) is 38.1 Å². The molecule has 0 spiro atoms. The van der Waals surface area contributed by atoms with Gasteiger partial charge >= 0.3 is 0 Å². The predicted molar refractivity (Wildman–Crippen MR) is 126 cm³/mol. The number of furan rings is 1. The maximum atomic E-state index is 13.2. The summed E-state index contributed by atoms with van der Waals surface area (Å²) in [4.78, 5) is 26.0. The van der Waals surface area contributed by atoms with Gasteiger partial charge in [0, 0.05) is 11.6 Å². The van der Waals surface area contributed by atoms with E-state index in [0.717, 1.165) is 11.1 Å². The van der Waals surface area contributed by atoms with Crippen LogP contribution in [0.15, 0.2) is 71.0 Å². The van der Waals surface area contributed by atoms with Crippen molar-refractivity contribution >= 4 is 17.9 Å². The smallest absolute Gasteiger partial charge is 0.268 e. The van der Waals surface area contributed by atoms with Gasteiger partial charge in [-0.1, -0.05) is 30.7 Å². The fraction of sp³-hybridized carbons (Fsp3) is 0.231. The molecule has 2 amide bonds. The first-order valence-corrected chi connectivity index (χ1v) is 10.6. The number of methoxy groups -OCH3 is 2. The molecule has 0 saturated carbocycles.